The second-order valence-electron chi connectivity index (χ2n) is 21.9. The standard InChI is InChI=1S/2C40H26N2/c1-3-12-27(13-4-1)31-19-11-14-28-26-30(22-23-32(28)31)42-36-21-10-8-18-34(36)40-38(42)25-24-37-39(40)33-17-7-9-20-35(33)41(37)29-15-5-2-6-16-29;1-3-13-27(14-4-1)34-26-30(25-28-15-7-8-18-31(28)34)42-36-22-12-10-20-33(36)40-38(42)24-23-37-39(40)32-19-9-11-21-35(32)41(37)29-16-5-2-6-17-29/h2*1-26H. The molecular weight excluding hydrogens is 1020 g/mol. The fourth-order valence-corrected chi connectivity index (χ4v) is 13.9. The first-order valence-corrected chi connectivity index (χ1v) is 28.9. The van der Waals surface area contributed by atoms with E-state index in [1.54, 1.807) is 0 Å². The minimum atomic E-state index is 1.17. The van der Waals surface area contributed by atoms with E-state index in [2.05, 4.69) is 334 Å². The van der Waals surface area contributed by atoms with Crippen LogP contribution in [0.2, 0.25) is 0 Å². The molecule has 0 fully saturated rings. The average Bonchev–Trinajstić information content (AvgIpc) is 1.71. The van der Waals surface area contributed by atoms with Crippen LogP contribution in [0.4, 0.5) is 0 Å². The number of aromatic nitrogens is 4. The Morgan fingerprint density at radius 3 is 0.940 bits per heavy atom. The molecule has 4 heteroatoms. The zero-order valence-electron chi connectivity index (χ0n) is 45.8. The third-order valence-corrected chi connectivity index (χ3v) is 17.4. The molecule has 14 aromatic carbocycles. The van der Waals surface area contributed by atoms with Crippen molar-refractivity contribution in [2.75, 3.05) is 0 Å². The van der Waals surface area contributed by atoms with Crippen LogP contribution in [0.25, 0.3) is 154 Å². The predicted molar refractivity (Wildman–Crippen MR) is 356 cm³/mol. The van der Waals surface area contributed by atoms with E-state index in [9.17, 15) is 0 Å². The van der Waals surface area contributed by atoms with Crippen LogP contribution in [0.5, 0.6) is 0 Å². The molecule has 18 rings (SSSR count). The second-order valence-corrected chi connectivity index (χ2v) is 21.9. The molecular formula is C80H52N4. The number of nitrogens with zero attached hydrogens (tertiary/aromatic N) is 4. The van der Waals surface area contributed by atoms with Crippen LogP contribution in [0.15, 0.2) is 315 Å². The Hall–Kier alpha value is -11.2. The van der Waals surface area contributed by atoms with Gasteiger partial charge in [-0.2, -0.15) is 0 Å². The van der Waals surface area contributed by atoms with Gasteiger partial charge in [-0.15, -0.1) is 0 Å². The van der Waals surface area contributed by atoms with Crippen LogP contribution >= 0.6 is 0 Å². The van der Waals surface area contributed by atoms with E-state index >= 15 is 0 Å². The maximum Gasteiger partial charge on any atom is 0.0548 e. The van der Waals surface area contributed by atoms with Crippen molar-refractivity contribution in [1.29, 1.82) is 0 Å². The van der Waals surface area contributed by atoms with Crippen LogP contribution in [0.1, 0.15) is 0 Å². The second kappa shape index (κ2) is 19.2. The van der Waals surface area contributed by atoms with Gasteiger partial charge in [0.2, 0.25) is 0 Å². The zero-order valence-corrected chi connectivity index (χ0v) is 45.8. The molecule has 0 spiro atoms. The Morgan fingerprint density at radius 1 is 0.167 bits per heavy atom. The molecule has 0 bridgehead atoms. The lowest BCUT2D eigenvalue weighted by Crippen LogP contribution is -1.96. The summed E-state index contributed by atoms with van der Waals surface area (Å²) in [6.45, 7) is 0. The molecule has 84 heavy (non-hydrogen) atoms. The van der Waals surface area contributed by atoms with E-state index in [4.69, 9.17) is 0 Å². The highest BCUT2D eigenvalue weighted by Gasteiger charge is 2.23. The fraction of sp³-hybridized carbons (Fsp3) is 0. The summed E-state index contributed by atoms with van der Waals surface area (Å²) >= 11 is 0. The highest BCUT2D eigenvalue weighted by atomic mass is 15.0. The number of para-hydroxylation sites is 6. The largest absolute Gasteiger partial charge is 0.309 e. The Morgan fingerprint density at radius 2 is 0.488 bits per heavy atom. The maximum atomic E-state index is 2.46. The van der Waals surface area contributed by atoms with Crippen molar-refractivity contribution in [3.8, 4) is 45.0 Å². The molecule has 4 heterocycles. The van der Waals surface area contributed by atoms with Crippen LogP contribution < -0.4 is 0 Å². The number of rotatable bonds is 6. The van der Waals surface area contributed by atoms with Gasteiger partial charge in [-0.05, 0) is 141 Å². The van der Waals surface area contributed by atoms with Crippen molar-refractivity contribution >= 4 is 109 Å². The first-order chi connectivity index (χ1) is 41.7. The zero-order chi connectivity index (χ0) is 55.2. The number of benzene rings is 14. The molecule has 18 aromatic rings. The summed E-state index contributed by atoms with van der Waals surface area (Å²) < 4.78 is 9.70. The first kappa shape index (κ1) is 47.6. The molecule has 4 aromatic heterocycles. The lowest BCUT2D eigenvalue weighted by Gasteiger charge is -2.14. The minimum Gasteiger partial charge on any atom is -0.309 e. The maximum absolute atomic E-state index is 2.46. The van der Waals surface area contributed by atoms with Gasteiger partial charge in [0.15, 0.2) is 0 Å². The first-order valence-electron chi connectivity index (χ1n) is 28.9. The smallest absolute Gasteiger partial charge is 0.0548 e. The van der Waals surface area contributed by atoms with Gasteiger partial charge in [0.05, 0.1) is 44.1 Å². The van der Waals surface area contributed by atoms with Crippen molar-refractivity contribution in [2.24, 2.45) is 0 Å². The fourth-order valence-electron chi connectivity index (χ4n) is 13.9. The van der Waals surface area contributed by atoms with E-state index in [1.807, 2.05) is 0 Å². The summed E-state index contributed by atoms with van der Waals surface area (Å²) in [4.78, 5) is 0. The highest BCUT2D eigenvalue weighted by molar-refractivity contribution is 6.30. The van der Waals surface area contributed by atoms with Gasteiger partial charge in [-0.1, -0.05) is 218 Å². The molecule has 0 unspecified atom stereocenters. The van der Waals surface area contributed by atoms with Gasteiger partial charge in [0, 0.05) is 65.8 Å². The summed E-state index contributed by atoms with van der Waals surface area (Å²) in [5.74, 6) is 0. The molecule has 0 aliphatic heterocycles. The SMILES string of the molecule is c1ccc(-c2cc(-n3c4ccccc4c4c5c6ccccc6n(-c6ccccc6)c5ccc43)cc3ccccc23)cc1.c1ccc(-c2cccc3cc(-n4c5ccccc5c5c6c7ccccc7n(-c7ccccc7)c6ccc54)ccc23)cc1. The lowest BCUT2D eigenvalue weighted by atomic mass is 9.97. The average molecular weight is 1070 g/mol. The number of fused-ring (bicyclic) bond motifs is 16. The van der Waals surface area contributed by atoms with E-state index in [1.165, 1.54) is 154 Å². The van der Waals surface area contributed by atoms with Crippen molar-refractivity contribution in [1.82, 2.24) is 18.3 Å². The molecule has 0 N–H and O–H groups in total. The monoisotopic (exact) mass is 1070 g/mol. The topological polar surface area (TPSA) is 19.7 Å². The lowest BCUT2D eigenvalue weighted by molar-refractivity contribution is 1.17. The molecule has 0 aliphatic carbocycles. The van der Waals surface area contributed by atoms with Crippen molar-refractivity contribution in [2.45, 2.75) is 0 Å². The molecule has 0 saturated carbocycles. The third kappa shape index (κ3) is 7.34. The molecule has 0 atom stereocenters. The Bertz CT molecular complexity index is 5570. The van der Waals surface area contributed by atoms with E-state index < -0.39 is 0 Å². The highest BCUT2D eigenvalue weighted by Crippen LogP contribution is 2.45. The van der Waals surface area contributed by atoms with E-state index in [0.29, 0.717) is 0 Å². The van der Waals surface area contributed by atoms with Crippen molar-refractivity contribution < 1.29 is 0 Å². The molecule has 0 amide bonds. The third-order valence-electron chi connectivity index (χ3n) is 17.4. The van der Waals surface area contributed by atoms with Gasteiger partial charge in [-0.25, -0.2) is 0 Å². The van der Waals surface area contributed by atoms with E-state index in [0.717, 1.165) is 0 Å². The van der Waals surface area contributed by atoms with Crippen LogP contribution in [-0.4, -0.2) is 18.3 Å². The Labute approximate surface area is 484 Å². The van der Waals surface area contributed by atoms with Gasteiger partial charge >= 0.3 is 0 Å². The van der Waals surface area contributed by atoms with Gasteiger partial charge < -0.3 is 18.3 Å². The summed E-state index contributed by atoms with van der Waals surface area (Å²) in [6.07, 6.45) is 0. The molecule has 0 aliphatic rings. The van der Waals surface area contributed by atoms with Gasteiger partial charge in [0.1, 0.15) is 0 Å². The number of hydrogen-bond donors (Lipinski definition) is 0. The van der Waals surface area contributed by atoms with Crippen LogP contribution in [0, 0.1) is 0 Å². The summed E-state index contributed by atoms with van der Waals surface area (Å²) in [5.41, 5.74) is 19.4. The quantitative estimate of drug-likeness (QED) is 0.158. The van der Waals surface area contributed by atoms with Crippen molar-refractivity contribution in [3.63, 3.8) is 0 Å². The van der Waals surface area contributed by atoms with Crippen LogP contribution in [-0.2, 0) is 0 Å². The molecule has 4 nitrogen and oxygen atoms in total. The van der Waals surface area contributed by atoms with Gasteiger partial charge in [0.25, 0.3) is 0 Å². The predicted octanol–water partition coefficient (Wildman–Crippen LogP) is 21.4. The summed E-state index contributed by atoms with van der Waals surface area (Å²) in [7, 11) is 0. The molecule has 0 radical (unpaired) electrons. The van der Waals surface area contributed by atoms with Crippen LogP contribution in [0.3, 0.4) is 0 Å². The summed E-state index contributed by atoms with van der Waals surface area (Å²) in [6, 6.07) is 114. The minimum absolute atomic E-state index is 1.17. The molecule has 392 valence electrons. The van der Waals surface area contributed by atoms with Crippen molar-refractivity contribution in [3.05, 3.63) is 315 Å². The Balaban J connectivity index is 0.000000132. The summed E-state index contributed by atoms with van der Waals surface area (Å²) in [5, 5.41) is 15.3. The number of hydrogen-bond acceptors (Lipinski definition) is 0. The Kier molecular flexibility index (Phi) is 10.9. The normalized spacial score (nSPS) is 11.8. The molecule has 0 saturated heterocycles. The van der Waals surface area contributed by atoms with E-state index in [-0.39, 0.29) is 0 Å². The van der Waals surface area contributed by atoms with Gasteiger partial charge in [-0.3, -0.25) is 0 Å².